The highest BCUT2D eigenvalue weighted by Crippen LogP contribution is 2.19. The van der Waals surface area contributed by atoms with Crippen LogP contribution in [0.4, 0.5) is 0 Å². The van der Waals surface area contributed by atoms with E-state index in [2.05, 4.69) is 28.5 Å². The van der Waals surface area contributed by atoms with Crippen LogP contribution in [0.5, 0.6) is 0 Å². The SMILES string of the molecule is C=c1c(=CC=C(C)OC)[nH]c2nc3cccnc3c(C)c12. The van der Waals surface area contributed by atoms with Crippen LogP contribution < -0.4 is 10.6 Å². The predicted molar refractivity (Wildman–Crippen MR) is 86.1 cm³/mol. The fraction of sp³-hybridized carbons (Fsp3) is 0.176. The van der Waals surface area contributed by atoms with E-state index in [-0.39, 0.29) is 0 Å². The van der Waals surface area contributed by atoms with Gasteiger partial charge in [-0.3, -0.25) is 4.98 Å². The van der Waals surface area contributed by atoms with Crippen LogP contribution in [0.25, 0.3) is 34.7 Å². The van der Waals surface area contributed by atoms with Gasteiger partial charge in [-0.25, -0.2) is 4.98 Å². The van der Waals surface area contributed by atoms with Crippen molar-refractivity contribution in [1.29, 1.82) is 0 Å². The molecule has 0 spiro atoms. The summed E-state index contributed by atoms with van der Waals surface area (Å²) < 4.78 is 5.14. The molecule has 4 heteroatoms. The van der Waals surface area contributed by atoms with E-state index in [0.717, 1.165) is 44.0 Å². The molecule has 3 heterocycles. The van der Waals surface area contributed by atoms with Crippen molar-refractivity contribution in [3.05, 3.63) is 46.3 Å². The lowest BCUT2D eigenvalue weighted by Gasteiger charge is -2.01. The van der Waals surface area contributed by atoms with Crippen molar-refractivity contribution in [3.63, 3.8) is 0 Å². The monoisotopic (exact) mass is 279 g/mol. The minimum atomic E-state index is 0.838. The van der Waals surface area contributed by atoms with Gasteiger partial charge >= 0.3 is 0 Å². The Hall–Kier alpha value is -2.62. The van der Waals surface area contributed by atoms with E-state index in [9.17, 15) is 0 Å². The lowest BCUT2D eigenvalue weighted by Crippen LogP contribution is -2.20. The van der Waals surface area contributed by atoms with Gasteiger partial charge in [0.2, 0.25) is 0 Å². The summed E-state index contributed by atoms with van der Waals surface area (Å²) in [5, 5.41) is 2.91. The van der Waals surface area contributed by atoms with Gasteiger partial charge in [-0.1, -0.05) is 6.58 Å². The summed E-state index contributed by atoms with van der Waals surface area (Å²) in [5.41, 5.74) is 3.75. The number of ether oxygens (including phenoxy) is 1. The molecule has 106 valence electrons. The Kier molecular flexibility index (Phi) is 3.22. The van der Waals surface area contributed by atoms with Gasteiger partial charge < -0.3 is 9.72 Å². The van der Waals surface area contributed by atoms with Gasteiger partial charge in [0.1, 0.15) is 5.65 Å². The molecule has 3 aromatic heterocycles. The maximum atomic E-state index is 5.14. The van der Waals surface area contributed by atoms with Gasteiger partial charge in [0.15, 0.2) is 0 Å². The number of aryl methyl sites for hydroxylation is 1. The normalized spacial score (nSPS) is 13.3. The van der Waals surface area contributed by atoms with Crippen molar-refractivity contribution >= 4 is 34.7 Å². The molecule has 3 rings (SSSR count). The molecule has 3 aromatic rings. The maximum Gasteiger partial charge on any atom is 0.139 e. The summed E-state index contributed by atoms with van der Waals surface area (Å²) in [6.45, 7) is 8.14. The van der Waals surface area contributed by atoms with Gasteiger partial charge in [-0.2, -0.15) is 0 Å². The first-order valence-corrected chi connectivity index (χ1v) is 6.76. The number of aromatic amines is 1. The van der Waals surface area contributed by atoms with Crippen molar-refractivity contribution in [2.45, 2.75) is 13.8 Å². The highest BCUT2D eigenvalue weighted by atomic mass is 16.5. The molecule has 0 amide bonds. The number of H-pyrrole nitrogens is 1. The number of pyridine rings is 2. The second-order valence-corrected chi connectivity index (χ2v) is 5.00. The fourth-order valence-corrected chi connectivity index (χ4v) is 2.46. The third kappa shape index (κ3) is 2.18. The van der Waals surface area contributed by atoms with Crippen molar-refractivity contribution in [1.82, 2.24) is 15.0 Å². The third-order valence-corrected chi connectivity index (χ3v) is 3.67. The summed E-state index contributed by atoms with van der Waals surface area (Å²) in [5.74, 6) is 0.838. The average Bonchev–Trinajstić information content (AvgIpc) is 2.81. The van der Waals surface area contributed by atoms with E-state index in [1.807, 2.05) is 31.2 Å². The minimum Gasteiger partial charge on any atom is -0.501 e. The van der Waals surface area contributed by atoms with Crippen LogP contribution >= 0.6 is 0 Å². The Morgan fingerprint density at radius 2 is 2.24 bits per heavy atom. The largest absolute Gasteiger partial charge is 0.501 e. The zero-order valence-electron chi connectivity index (χ0n) is 12.4. The second kappa shape index (κ2) is 5.05. The summed E-state index contributed by atoms with van der Waals surface area (Å²) in [6, 6.07) is 3.86. The van der Waals surface area contributed by atoms with Gasteiger partial charge in [0.25, 0.3) is 0 Å². The smallest absolute Gasteiger partial charge is 0.139 e. The van der Waals surface area contributed by atoms with E-state index in [1.54, 1.807) is 13.3 Å². The topological polar surface area (TPSA) is 50.8 Å². The number of allylic oxidation sites excluding steroid dienone is 2. The Balaban J connectivity index is 2.37. The minimum absolute atomic E-state index is 0.838. The lowest BCUT2D eigenvalue weighted by molar-refractivity contribution is 0.294. The number of hydrogen-bond donors (Lipinski definition) is 1. The molecule has 0 atom stereocenters. The van der Waals surface area contributed by atoms with Crippen molar-refractivity contribution in [2.24, 2.45) is 0 Å². The van der Waals surface area contributed by atoms with Crippen LogP contribution in [-0.4, -0.2) is 22.1 Å². The summed E-state index contributed by atoms with van der Waals surface area (Å²) >= 11 is 0. The molecular weight excluding hydrogens is 262 g/mol. The van der Waals surface area contributed by atoms with Crippen LogP contribution in [0.2, 0.25) is 0 Å². The Morgan fingerprint density at radius 1 is 1.43 bits per heavy atom. The zero-order chi connectivity index (χ0) is 15.0. The predicted octanol–water partition coefficient (Wildman–Crippen LogP) is 2.16. The third-order valence-electron chi connectivity index (χ3n) is 3.67. The standard InChI is InChI=1S/C17H17N3O/c1-10(21-4)7-8-13-11(2)15-12(3)16-14(6-5-9-18-16)20-17(15)19-13/h5-9H,2H2,1,3-4H3,(H,19,20). The Morgan fingerprint density at radius 3 is 3.00 bits per heavy atom. The second-order valence-electron chi connectivity index (χ2n) is 5.00. The van der Waals surface area contributed by atoms with Gasteiger partial charge in [-0.05, 0) is 43.7 Å². The van der Waals surface area contributed by atoms with Crippen LogP contribution in [0.1, 0.15) is 12.5 Å². The number of methoxy groups -OCH3 is 1. The number of nitrogens with zero attached hydrogens (tertiary/aromatic N) is 2. The van der Waals surface area contributed by atoms with Crippen LogP contribution in [0.3, 0.4) is 0 Å². The first-order chi connectivity index (χ1) is 10.1. The molecule has 0 radical (unpaired) electrons. The van der Waals surface area contributed by atoms with Crippen molar-refractivity contribution in [3.8, 4) is 0 Å². The number of aromatic nitrogens is 3. The van der Waals surface area contributed by atoms with E-state index >= 15 is 0 Å². The first kappa shape index (κ1) is 13.4. The van der Waals surface area contributed by atoms with Gasteiger partial charge in [0.05, 0.1) is 23.9 Å². The van der Waals surface area contributed by atoms with Gasteiger partial charge in [-0.15, -0.1) is 0 Å². The van der Waals surface area contributed by atoms with E-state index < -0.39 is 0 Å². The number of fused-ring (bicyclic) bond motifs is 2. The highest BCUT2D eigenvalue weighted by Gasteiger charge is 2.09. The molecule has 0 bridgehead atoms. The summed E-state index contributed by atoms with van der Waals surface area (Å²) in [6.07, 6.45) is 5.66. The highest BCUT2D eigenvalue weighted by molar-refractivity contribution is 5.94. The van der Waals surface area contributed by atoms with E-state index in [1.165, 1.54) is 0 Å². The molecule has 0 fully saturated rings. The molecule has 0 aliphatic carbocycles. The van der Waals surface area contributed by atoms with Crippen LogP contribution in [-0.2, 0) is 4.74 Å². The molecule has 0 aromatic carbocycles. The van der Waals surface area contributed by atoms with Crippen molar-refractivity contribution < 1.29 is 4.74 Å². The molecule has 0 unspecified atom stereocenters. The molecule has 0 saturated carbocycles. The fourth-order valence-electron chi connectivity index (χ4n) is 2.46. The van der Waals surface area contributed by atoms with Crippen LogP contribution in [0.15, 0.2) is 30.2 Å². The van der Waals surface area contributed by atoms with E-state index in [4.69, 9.17) is 4.74 Å². The molecule has 0 saturated heterocycles. The zero-order valence-corrected chi connectivity index (χ0v) is 12.4. The number of nitrogens with one attached hydrogen (secondary N) is 1. The molecule has 21 heavy (non-hydrogen) atoms. The summed E-state index contributed by atoms with van der Waals surface area (Å²) in [7, 11) is 1.65. The summed E-state index contributed by atoms with van der Waals surface area (Å²) in [4.78, 5) is 12.4. The maximum absolute atomic E-state index is 5.14. The van der Waals surface area contributed by atoms with Crippen LogP contribution in [0, 0.1) is 6.92 Å². The first-order valence-electron chi connectivity index (χ1n) is 6.76. The molecule has 1 N–H and O–H groups in total. The molecule has 0 aliphatic heterocycles. The van der Waals surface area contributed by atoms with E-state index in [0.29, 0.717) is 0 Å². The number of rotatable bonds is 2. The Bertz CT molecular complexity index is 967. The van der Waals surface area contributed by atoms with Gasteiger partial charge in [0, 0.05) is 22.2 Å². The molecule has 0 aliphatic rings. The van der Waals surface area contributed by atoms with Crippen molar-refractivity contribution in [2.75, 3.05) is 7.11 Å². The lowest BCUT2D eigenvalue weighted by atomic mass is 10.1. The Labute approximate surface area is 122 Å². The average molecular weight is 279 g/mol. The number of hydrogen-bond acceptors (Lipinski definition) is 3. The molecule has 4 nitrogen and oxygen atoms in total. The molecular formula is C17H17N3O. The quantitative estimate of drug-likeness (QED) is 0.731.